The smallest absolute Gasteiger partial charge is 0.139 e. The zero-order chi connectivity index (χ0) is 11.4. The average molecular weight is 200 g/mol. The molecule has 0 aromatic rings. The van der Waals surface area contributed by atoms with Crippen LogP contribution in [0, 0.1) is 0 Å². The van der Waals surface area contributed by atoms with E-state index in [0.29, 0.717) is 0 Å². The molecule has 0 heterocycles. The summed E-state index contributed by atoms with van der Waals surface area (Å²) in [4.78, 5) is 2.13. The monoisotopic (exact) mass is 200 g/mol. The highest BCUT2D eigenvalue weighted by atomic mass is 15.0. The second-order valence-corrected chi connectivity index (χ2v) is 4.04. The lowest BCUT2D eigenvalue weighted by Crippen LogP contribution is -2.16. The molecule has 0 atom stereocenters. The summed E-state index contributed by atoms with van der Waals surface area (Å²) in [6, 6.07) is 0. The maximum absolute atomic E-state index is 5.25. The lowest BCUT2D eigenvalue weighted by molar-refractivity contribution is 0.403. The second kappa shape index (κ2) is 13.0. The van der Waals surface area contributed by atoms with Crippen molar-refractivity contribution in [1.29, 1.82) is 0 Å². The van der Waals surface area contributed by atoms with Crippen molar-refractivity contribution in [2.45, 2.75) is 46.2 Å². The Kier molecular flexibility index (Phi) is 15.2. The molecule has 0 rings (SSSR count). The molecule has 2 N–H and O–H groups in total. The van der Waals surface area contributed by atoms with Crippen LogP contribution in [-0.2, 0) is 0 Å². The summed E-state index contributed by atoms with van der Waals surface area (Å²) >= 11 is 0. The zero-order valence-electron chi connectivity index (χ0n) is 10.8. The van der Waals surface area contributed by atoms with E-state index < -0.39 is 0 Å². The SMILES string of the molecule is CCB(CC)CC.CN(C)CCCN. The summed E-state index contributed by atoms with van der Waals surface area (Å²) in [6.45, 7) is 9.68. The predicted octanol–water partition coefficient (Wildman–Crippen LogP) is 2.44. The van der Waals surface area contributed by atoms with Crippen molar-refractivity contribution >= 4 is 6.71 Å². The van der Waals surface area contributed by atoms with Crippen LogP contribution >= 0.6 is 0 Å². The molecular formula is C11H29BN2. The summed E-state index contributed by atoms with van der Waals surface area (Å²) in [7, 11) is 4.10. The molecule has 3 heteroatoms. The van der Waals surface area contributed by atoms with Crippen LogP contribution in [0.15, 0.2) is 0 Å². The zero-order valence-corrected chi connectivity index (χ0v) is 10.8. The third-order valence-corrected chi connectivity index (χ3v) is 2.54. The molecule has 0 bridgehead atoms. The van der Waals surface area contributed by atoms with Crippen LogP contribution in [0.4, 0.5) is 0 Å². The first-order chi connectivity index (χ1) is 6.62. The summed E-state index contributed by atoms with van der Waals surface area (Å²) in [6.07, 6.45) is 5.17. The molecule has 0 saturated heterocycles. The van der Waals surface area contributed by atoms with E-state index in [1.165, 1.54) is 19.0 Å². The quantitative estimate of drug-likeness (QED) is 0.667. The fourth-order valence-corrected chi connectivity index (χ4v) is 1.27. The molecule has 0 amide bonds. The maximum atomic E-state index is 5.25. The highest BCUT2D eigenvalue weighted by Gasteiger charge is 2.01. The van der Waals surface area contributed by atoms with Crippen molar-refractivity contribution in [3.63, 3.8) is 0 Å². The summed E-state index contributed by atoms with van der Waals surface area (Å²) in [5.41, 5.74) is 5.25. The van der Waals surface area contributed by atoms with Gasteiger partial charge in [-0.1, -0.05) is 39.7 Å². The summed E-state index contributed by atoms with van der Waals surface area (Å²) in [5.74, 6) is 0. The molecule has 0 aliphatic heterocycles. The lowest BCUT2D eigenvalue weighted by atomic mass is 9.44. The minimum absolute atomic E-state index is 0.804. The third kappa shape index (κ3) is 14.5. The van der Waals surface area contributed by atoms with E-state index in [4.69, 9.17) is 5.73 Å². The Morgan fingerprint density at radius 3 is 1.50 bits per heavy atom. The highest BCUT2D eigenvalue weighted by Crippen LogP contribution is 2.01. The van der Waals surface area contributed by atoms with Gasteiger partial charge in [0.05, 0.1) is 0 Å². The Morgan fingerprint density at radius 2 is 1.43 bits per heavy atom. The minimum atomic E-state index is 0.804. The van der Waals surface area contributed by atoms with Gasteiger partial charge in [-0.25, -0.2) is 0 Å². The highest BCUT2D eigenvalue weighted by molar-refractivity contribution is 6.58. The van der Waals surface area contributed by atoms with Crippen LogP contribution in [0.3, 0.4) is 0 Å². The van der Waals surface area contributed by atoms with E-state index in [-0.39, 0.29) is 0 Å². The Balaban J connectivity index is 0. The fourth-order valence-electron chi connectivity index (χ4n) is 1.27. The maximum Gasteiger partial charge on any atom is 0.139 e. The van der Waals surface area contributed by atoms with Crippen LogP contribution < -0.4 is 5.73 Å². The summed E-state index contributed by atoms with van der Waals surface area (Å²) < 4.78 is 0. The molecule has 86 valence electrons. The molecule has 0 radical (unpaired) electrons. The first-order valence-electron chi connectivity index (χ1n) is 5.96. The Bertz CT molecular complexity index is 87.8. The van der Waals surface area contributed by atoms with Crippen LogP contribution in [0.5, 0.6) is 0 Å². The first-order valence-corrected chi connectivity index (χ1v) is 5.96. The van der Waals surface area contributed by atoms with Crippen molar-refractivity contribution < 1.29 is 0 Å². The van der Waals surface area contributed by atoms with Crippen LogP contribution in [0.2, 0.25) is 19.0 Å². The van der Waals surface area contributed by atoms with Gasteiger partial charge in [-0.15, -0.1) is 0 Å². The number of hydrogen-bond donors (Lipinski definition) is 1. The largest absolute Gasteiger partial charge is 0.330 e. The van der Waals surface area contributed by atoms with Gasteiger partial charge in [0, 0.05) is 0 Å². The Hall–Kier alpha value is -0.0151. The van der Waals surface area contributed by atoms with Crippen molar-refractivity contribution in [1.82, 2.24) is 4.90 Å². The van der Waals surface area contributed by atoms with Crippen LogP contribution in [-0.4, -0.2) is 38.8 Å². The minimum Gasteiger partial charge on any atom is -0.330 e. The molecule has 0 aliphatic carbocycles. The van der Waals surface area contributed by atoms with Gasteiger partial charge >= 0.3 is 0 Å². The van der Waals surface area contributed by atoms with Gasteiger partial charge in [0.15, 0.2) is 0 Å². The van der Waals surface area contributed by atoms with E-state index in [2.05, 4.69) is 39.8 Å². The summed E-state index contributed by atoms with van der Waals surface area (Å²) in [5, 5.41) is 0. The van der Waals surface area contributed by atoms with E-state index in [0.717, 1.165) is 26.2 Å². The molecular weight excluding hydrogens is 171 g/mol. The second-order valence-electron chi connectivity index (χ2n) is 4.04. The van der Waals surface area contributed by atoms with E-state index in [1.807, 2.05) is 0 Å². The number of hydrogen-bond acceptors (Lipinski definition) is 2. The molecule has 0 aromatic carbocycles. The molecule has 0 saturated carbocycles. The van der Waals surface area contributed by atoms with Gasteiger partial charge in [-0.3, -0.25) is 0 Å². The number of rotatable bonds is 6. The normalized spacial score (nSPS) is 9.64. The van der Waals surface area contributed by atoms with Crippen molar-refractivity contribution in [2.75, 3.05) is 27.2 Å². The number of nitrogens with two attached hydrogens (primary N) is 1. The molecule has 0 fully saturated rings. The molecule has 0 spiro atoms. The topological polar surface area (TPSA) is 29.3 Å². The van der Waals surface area contributed by atoms with Crippen molar-refractivity contribution in [3.8, 4) is 0 Å². The predicted molar refractivity (Wildman–Crippen MR) is 69.4 cm³/mol. The first kappa shape index (κ1) is 16.4. The van der Waals surface area contributed by atoms with Crippen molar-refractivity contribution in [3.05, 3.63) is 0 Å². The fraction of sp³-hybridized carbons (Fsp3) is 1.00. The molecule has 2 nitrogen and oxygen atoms in total. The molecule has 0 aliphatic rings. The van der Waals surface area contributed by atoms with Gasteiger partial charge in [-0.05, 0) is 33.6 Å². The van der Waals surface area contributed by atoms with E-state index >= 15 is 0 Å². The number of nitrogens with zero attached hydrogens (tertiary/aromatic N) is 1. The molecule has 14 heavy (non-hydrogen) atoms. The van der Waals surface area contributed by atoms with Gasteiger partial charge < -0.3 is 10.6 Å². The third-order valence-electron chi connectivity index (χ3n) is 2.54. The average Bonchev–Trinajstić information content (AvgIpc) is 2.18. The Morgan fingerprint density at radius 1 is 1.00 bits per heavy atom. The molecule has 0 unspecified atom stereocenters. The van der Waals surface area contributed by atoms with Crippen LogP contribution in [0.25, 0.3) is 0 Å². The van der Waals surface area contributed by atoms with E-state index in [1.54, 1.807) is 0 Å². The van der Waals surface area contributed by atoms with Crippen molar-refractivity contribution in [2.24, 2.45) is 5.73 Å². The van der Waals surface area contributed by atoms with Gasteiger partial charge in [0.2, 0.25) is 0 Å². The Labute approximate surface area is 91.3 Å². The standard InChI is InChI=1S/C6H15B.C5H14N2/c1-4-7(5-2)6-3;1-7(2)5-3-4-6/h4-6H2,1-3H3;3-6H2,1-2H3. The lowest BCUT2D eigenvalue weighted by Gasteiger charge is -2.05. The van der Waals surface area contributed by atoms with Crippen LogP contribution in [0.1, 0.15) is 27.2 Å². The van der Waals surface area contributed by atoms with Gasteiger partial charge in [0.25, 0.3) is 0 Å². The molecule has 0 aromatic heterocycles. The van der Waals surface area contributed by atoms with Gasteiger partial charge in [0.1, 0.15) is 6.71 Å². The van der Waals surface area contributed by atoms with Gasteiger partial charge in [-0.2, -0.15) is 0 Å². The van der Waals surface area contributed by atoms with E-state index in [9.17, 15) is 0 Å².